The standard InChI is InChI=1S/C23H21F4N7O/c1-14(23(35,11-33-13-28-12-29-33)18-5-3-16(25)9-20(18)27)32-6-7-34-21(10-32)30-22(31-34)17-4-2-15(24)8-19(17)26/h2-5,8-9,12-14,35H,6-7,10-11H2,1H3/p+2/t14-,23-/m1/s1. The molecule has 12 heteroatoms. The summed E-state index contributed by atoms with van der Waals surface area (Å²) in [5.74, 6) is -2.21. The highest BCUT2D eigenvalue weighted by molar-refractivity contribution is 5.54. The molecule has 3 heterocycles. The molecule has 0 bridgehead atoms. The molecule has 0 aliphatic carbocycles. The van der Waals surface area contributed by atoms with Gasteiger partial charge in [-0.05, 0) is 35.1 Å². The molecule has 2 atom stereocenters. The third kappa shape index (κ3) is 4.30. The Balaban J connectivity index is 1.46. The van der Waals surface area contributed by atoms with Crippen LogP contribution in [0.3, 0.4) is 0 Å². The summed E-state index contributed by atoms with van der Waals surface area (Å²) >= 11 is 0. The second-order valence-corrected chi connectivity index (χ2v) is 8.61. The van der Waals surface area contributed by atoms with Gasteiger partial charge in [-0.15, -0.1) is 0 Å². The van der Waals surface area contributed by atoms with Crippen LogP contribution in [0.15, 0.2) is 49.1 Å². The lowest BCUT2D eigenvalue weighted by molar-refractivity contribution is -0.768. The molecule has 3 N–H and O–H groups in total. The largest absolute Gasteiger partial charge is 0.379 e. The summed E-state index contributed by atoms with van der Waals surface area (Å²) < 4.78 is 59.3. The number of aliphatic hydroxyl groups is 1. The van der Waals surface area contributed by atoms with Gasteiger partial charge in [0.25, 0.3) is 5.82 Å². The van der Waals surface area contributed by atoms with E-state index in [-0.39, 0.29) is 30.0 Å². The van der Waals surface area contributed by atoms with E-state index in [9.17, 15) is 22.7 Å². The number of nitrogens with zero attached hydrogens (tertiary/aromatic N) is 5. The normalized spacial score (nSPS) is 16.6. The van der Waals surface area contributed by atoms with Crippen LogP contribution >= 0.6 is 0 Å². The molecule has 1 aliphatic heterocycles. The summed E-state index contributed by atoms with van der Waals surface area (Å²) in [6.07, 6.45) is 2.89. The van der Waals surface area contributed by atoms with Crippen LogP contribution in [0.1, 0.15) is 18.3 Å². The van der Waals surface area contributed by atoms with Crippen LogP contribution in [-0.2, 0) is 25.2 Å². The molecule has 0 unspecified atom stereocenters. The number of nitrogens with one attached hydrogen (secondary N) is 2. The van der Waals surface area contributed by atoms with E-state index in [1.54, 1.807) is 11.6 Å². The zero-order valence-corrected chi connectivity index (χ0v) is 18.7. The van der Waals surface area contributed by atoms with Gasteiger partial charge >= 0.3 is 12.2 Å². The predicted molar refractivity (Wildman–Crippen MR) is 113 cm³/mol. The molecule has 0 saturated carbocycles. The fourth-order valence-electron chi connectivity index (χ4n) is 4.52. The monoisotopic (exact) mass is 489 g/mol. The fraction of sp³-hybridized carbons (Fsp3) is 0.304. The van der Waals surface area contributed by atoms with E-state index in [0.717, 1.165) is 24.3 Å². The van der Waals surface area contributed by atoms with Crippen molar-refractivity contribution in [1.82, 2.24) is 25.1 Å². The van der Waals surface area contributed by atoms with Gasteiger partial charge in [0.05, 0.1) is 5.56 Å². The van der Waals surface area contributed by atoms with Crippen LogP contribution in [0.4, 0.5) is 17.6 Å². The second-order valence-electron chi connectivity index (χ2n) is 8.61. The van der Waals surface area contributed by atoms with Crippen LogP contribution in [0.25, 0.3) is 11.4 Å². The number of hydrogen-bond donors (Lipinski definition) is 3. The molecule has 8 nitrogen and oxygen atoms in total. The van der Waals surface area contributed by atoms with Crippen LogP contribution in [0.2, 0.25) is 0 Å². The first-order valence-electron chi connectivity index (χ1n) is 11.0. The maximum Gasteiger partial charge on any atom is 0.333 e. The third-order valence-corrected chi connectivity index (χ3v) is 6.49. The van der Waals surface area contributed by atoms with Crippen LogP contribution in [-0.4, -0.2) is 42.8 Å². The number of fused-ring (bicyclic) bond motifs is 1. The highest BCUT2D eigenvalue weighted by Gasteiger charge is 2.45. The summed E-state index contributed by atoms with van der Waals surface area (Å²) in [5, 5.41) is 17.7. The zero-order valence-electron chi connectivity index (χ0n) is 18.7. The van der Waals surface area contributed by atoms with E-state index in [2.05, 4.69) is 20.2 Å². The average Bonchev–Trinajstić information content (AvgIpc) is 3.47. The number of aromatic nitrogens is 6. The number of H-pyrrole nitrogens is 2. The Morgan fingerprint density at radius 1 is 1.11 bits per heavy atom. The van der Waals surface area contributed by atoms with Gasteiger partial charge in [0, 0.05) is 30.3 Å². The van der Waals surface area contributed by atoms with Crippen molar-refractivity contribution in [3.05, 3.63) is 83.7 Å². The molecule has 2 aromatic carbocycles. The smallest absolute Gasteiger partial charge is 0.333 e. The van der Waals surface area contributed by atoms with Gasteiger partial charge in [0.2, 0.25) is 6.33 Å². The van der Waals surface area contributed by atoms with E-state index in [1.807, 2.05) is 4.90 Å². The molecule has 182 valence electrons. The minimum absolute atomic E-state index is 0.0527. The Labute approximate surface area is 197 Å². The molecule has 2 aromatic heterocycles. The SMILES string of the molecule is C[C@@H](N1CC[n+]2[nH]c(-c3ccc(F)cc3F)nc2C1)[C@](O)(C[n+]1cnc[nH]1)c1ccc(F)cc1F. The van der Waals surface area contributed by atoms with Crippen molar-refractivity contribution >= 4 is 0 Å². The molecular formula is C23H23F4N7O+2. The summed E-state index contributed by atoms with van der Waals surface area (Å²) in [6, 6.07) is 5.71. The maximum absolute atomic E-state index is 14.9. The van der Waals surface area contributed by atoms with Crippen LogP contribution in [0.5, 0.6) is 0 Å². The zero-order chi connectivity index (χ0) is 24.7. The van der Waals surface area contributed by atoms with E-state index >= 15 is 0 Å². The van der Waals surface area contributed by atoms with E-state index in [0.29, 0.717) is 18.9 Å². The third-order valence-electron chi connectivity index (χ3n) is 6.49. The van der Waals surface area contributed by atoms with E-state index < -0.39 is 34.9 Å². The van der Waals surface area contributed by atoms with Gasteiger partial charge in [0.15, 0.2) is 0 Å². The highest BCUT2D eigenvalue weighted by Crippen LogP contribution is 2.32. The minimum atomic E-state index is -1.76. The summed E-state index contributed by atoms with van der Waals surface area (Å²) in [4.78, 5) is 10.3. The molecule has 35 heavy (non-hydrogen) atoms. The lowest BCUT2D eigenvalue weighted by Gasteiger charge is -2.40. The van der Waals surface area contributed by atoms with Crippen LogP contribution < -0.4 is 9.36 Å². The number of hydrogen-bond acceptors (Lipinski definition) is 4. The Kier molecular flexibility index (Phi) is 5.85. The molecule has 1 aliphatic rings. The topological polar surface area (TPSA) is 88.6 Å². The maximum atomic E-state index is 14.9. The first kappa shape index (κ1) is 23.1. The van der Waals surface area contributed by atoms with E-state index in [4.69, 9.17) is 0 Å². The van der Waals surface area contributed by atoms with Crippen molar-refractivity contribution in [3.8, 4) is 11.4 Å². The summed E-state index contributed by atoms with van der Waals surface area (Å²) in [5.41, 5.74) is -1.68. The summed E-state index contributed by atoms with van der Waals surface area (Å²) in [7, 11) is 0. The summed E-state index contributed by atoms with van der Waals surface area (Å²) in [6.45, 7) is 2.85. The number of rotatable bonds is 6. The molecular weight excluding hydrogens is 466 g/mol. The average molecular weight is 489 g/mol. The highest BCUT2D eigenvalue weighted by atomic mass is 19.1. The van der Waals surface area contributed by atoms with Crippen molar-refractivity contribution in [2.75, 3.05) is 6.54 Å². The van der Waals surface area contributed by atoms with Gasteiger partial charge in [-0.1, -0.05) is 6.07 Å². The molecule has 5 rings (SSSR count). The molecule has 0 fully saturated rings. The lowest BCUT2D eigenvalue weighted by atomic mass is 9.85. The van der Waals surface area contributed by atoms with Gasteiger partial charge in [-0.2, -0.15) is 19.6 Å². The lowest BCUT2D eigenvalue weighted by Crippen LogP contribution is -2.61. The van der Waals surface area contributed by atoms with E-state index in [1.165, 1.54) is 29.5 Å². The van der Waals surface area contributed by atoms with Gasteiger partial charge < -0.3 is 5.11 Å². The second kappa shape index (κ2) is 8.86. The van der Waals surface area contributed by atoms with Crippen molar-refractivity contribution in [2.24, 2.45) is 0 Å². The Morgan fingerprint density at radius 2 is 1.86 bits per heavy atom. The molecule has 0 saturated heterocycles. The number of benzene rings is 2. The number of halogens is 4. The van der Waals surface area contributed by atoms with Crippen molar-refractivity contribution < 1.29 is 32.0 Å². The quantitative estimate of drug-likeness (QED) is 0.284. The Bertz CT molecular complexity index is 1360. The fourth-order valence-corrected chi connectivity index (χ4v) is 4.52. The van der Waals surface area contributed by atoms with Crippen molar-refractivity contribution in [1.29, 1.82) is 0 Å². The minimum Gasteiger partial charge on any atom is -0.379 e. The van der Waals surface area contributed by atoms with Crippen molar-refractivity contribution in [2.45, 2.75) is 38.2 Å². The molecule has 0 spiro atoms. The molecule has 0 amide bonds. The molecule has 0 radical (unpaired) electrons. The van der Waals surface area contributed by atoms with Gasteiger partial charge in [-0.25, -0.2) is 17.6 Å². The molecule has 4 aromatic rings. The van der Waals surface area contributed by atoms with Gasteiger partial charge in [-0.3, -0.25) is 4.90 Å². The van der Waals surface area contributed by atoms with Gasteiger partial charge in [0.1, 0.15) is 48.5 Å². The first-order chi connectivity index (χ1) is 16.7. The predicted octanol–water partition coefficient (Wildman–Crippen LogP) is 1.72. The Morgan fingerprint density at radius 3 is 2.54 bits per heavy atom. The Hall–Kier alpha value is -3.64. The number of aromatic amines is 2. The first-order valence-corrected chi connectivity index (χ1v) is 11.0. The van der Waals surface area contributed by atoms with Crippen LogP contribution in [0, 0.1) is 23.3 Å². The van der Waals surface area contributed by atoms with Crippen molar-refractivity contribution in [3.63, 3.8) is 0 Å².